The molecule has 0 aliphatic rings. The Morgan fingerprint density at radius 3 is 2.48 bits per heavy atom. The van der Waals surface area contributed by atoms with E-state index < -0.39 is 5.82 Å². The summed E-state index contributed by atoms with van der Waals surface area (Å²) in [5, 5.41) is 2.55. The Hall–Kier alpha value is -2.23. The Morgan fingerprint density at radius 2 is 1.86 bits per heavy atom. The van der Waals surface area contributed by atoms with E-state index in [0.717, 1.165) is 18.2 Å². The number of anilines is 1. The molecular weight excluding hydrogens is 267 g/mol. The number of rotatable bonds is 5. The van der Waals surface area contributed by atoms with Crippen molar-refractivity contribution < 1.29 is 9.18 Å². The molecule has 0 unspecified atom stereocenters. The van der Waals surface area contributed by atoms with Gasteiger partial charge in [-0.2, -0.15) is 0 Å². The number of hydrogen-bond acceptors (Lipinski definition) is 2. The highest BCUT2D eigenvalue weighted by molar-refractivity contribution is 5.92. The van der Waals surface area contributed by atoms with Gasteiger partial charge in [-0.15, -0.1) is 0 Å². The fraction of sp³-hybridized carbons (Fsp3) is 0.294. The zero-order chi connectivity index (χ0) is 15.2. The highest BCUT2D eigenvalue weighted by Gasteiger charge is 2.08. The molecule has 1 N–H and O–H groups in total. The van der Waals surface area contributed by atoms with Crippen molar-refractivity contribution in [2.45, 2.75) is 26.7 Å². The second-order valence-corrected chi connectivity index (χ2v) is 5.49. The molecule has 1 amide bonds. The van der Waals surface area contributed by atoms with Gasteiger partial charge in [-0.05, 0) is 29.5 Å². The van der Waals surface area contributed by atoms with E-state index in [0.29, 0.717) is 5.92 Å². The number of pyridine rings is 1. The third-order valence-electron chi connectivity index (χ3n) is 3.08. The van der Waals surface area contributed by atoms with Crippen molar-refractivity contribution in [2.75, 3.05) is 5.32 Å². The summed E-state index contributed by atoms with van der Waals surface area (Å²) in [5.74, 6) is -0.163. The number of nitrogens with one attached hydrogen (secondary N) is 1. The smallest absolute Gasteiger partial charge is 0.228 e. The van der Waals surface area contributed by atoms with E-state index in [4.69, 9.17) is 0 Å². The van der Waals surface area contributed by atoms with Crippen LogP contribution < -0.4 is 5.32 Å². The fourth-order valence-corrected chi connectivity index (χ4v) is 2.12. The maximum atomic E-state index is 13.4. The molecule has 21 heavy (non-hydrogen) atoms. The molecule has 0 atom stereocenters. The summed E-state index contributed by atoms with van der Waals surface area (Å²) in [4.78, 5) is 15.5. The Kier molecular flexibility index (Phi) is 5.04. The van der Waals surface area contributed by atoms with Crippen molar-refractivity contribution >= 4 is 11.6 Å². The van der Waals surface area contributed by atoms with Gasteiger partial charge in [0.05, 0.1) is 18.3 Å². The molecule has 2 rings (SSSR count). The van der Waals surface area contributed by atoms with E-state index in [-0.39, 0.29) is 18.0 Å². The van der Waals surface area contributed by atoms with Crippen molar-refractivity contribution in [1.29, 1.82) is 0 Å². The minimum atomic E-state index is -0.530. The van der Waals surface area contributed by atoms with Crippen LogP contribution in [0.4, 0.5) is 10.1 Å². The first-order chi connectivity index (χ1) is 10.0. The third-order valence-corrected chi connectivity index (χ3v) is 3.08. The largest absolute Gasteiger partial charge is 0.323 e. The van der Waals surface area contributed by atoms with Crippen molar-refractivity contribution in [2.24, 2.45) is 5.92 Å². The monoisotopic (exact) mass is 286 g/mol. The second-order valence-electron chi connectivity index (χ2n) is 5.49. The topological polar surface area (TPSA) is 42.0 Å². The normalized spacial score (nSPS) is 10.7. The first-order valence-electron chi connectivity index (χ1n) is 7.02. The Labute approximate surface area is 124 Å². The molecule has 1 aromatic carbocycles. The summed E-state index contributed by atoms with van der Waals surface area (Å²) < 4.78 is 13.4. The quantitative estimate of drug-likeness (QED) is 0.912. The number of benzene rings is 1. The summed E-state index contributed by atoms with van der Waals surface area (Å²) in [7, 11) is 0. The lowest BCUT2D eigenvalue weighted by Gasteiger charge is -2.08. The zero-order valence-corrected chi connectivity index (χ0v) is 12.3. The SMILES string of the molecule is CC(C)Cc1ccc(CC(=O)Nc2ccncc2F)cc1. The standard InChI is InChI=1S/C17H19FN2O/c1-12(2)9-13-3-5-14(6-4-13)10-17(21)20-16-7-8-19-11-15(16)18/h3-8,11-12H,9-10H2,1-2H3,(H,19,20,21). The van der Waals surface area contributed by atoms with Gasteiger partial charge in [-0.3, -0.25) is 9.78 Å². The maximum absolute atomic E-state index is 13.4. The highest BCUT2D eigenvalue weighted by atomic mass is 19.1. The van der Waals surface area contributed by atoms with Crippen LogP contribution in [0.1, 0.15) is 25.0 Å². The number of nitrogens with zero attached hydrogens (tertiary/aromatic N) is 1. The van der Waals surface area contributed by atoms with Crippen molar-refractivity contribution in [3.63, 3.8) is 0 Å². The van der Waals surface area contributed by atoms with Crippen LogP contribution in [-0.2, 0) is 17.6 Å². The summed E-state index contributed by atoms with van der Waals surface area (Å²) in [6.07, 6.45) is 3.77. The lowest BCUT2D eigenvalue weighted by molar-refractivity contribution is -0.115. The van der Waals surface area contributed by atoms with Crippen LogP contribution >= 0.6 is 0 Å². The van der Waals surface area contributed by atoms with E-state index in [2.05, 4.69) is 24.1 Å². The van der Waals surface area contributed by atoms with Gasteiger partial charge in [0.25, 0.3) is 0 Å². The predicted molar refractivity (Wildman–Crippen MR) is 81.5 cm³/mol. The lowest BCUT2D eigenvalue weighted by atomic mass is 10.0. The van der Waals surface area contributed by atoms with Crippen LogP contribution in [0, 0.1) is 11.7 Å². The van der Waals surface area contributed by atoms with Crippen LogP contribution in [0.25, 0.3) is 0 Å². The minimum Gasteiger partial charge on any atom is -0.323 e. The molecule has 0 radical (unpaired) electrons. The lowest BCUT2D eigenvalue weighted by Crippen LogP contribution is -2.15. The molecule has 110 valence electrons. The molecule has 0 saturated heterocycles. The van der Waals surface area contributed by atoms with Crippen molar-refractivity contribution in [1.82, 2.24) is 4.98 Å². The van der Waals surface area contributed by atoms with Gasteiger partial charge < -0.3 is 5.32 Å². The number of aromatic nitrogens is 1. The fourth-order valence-electron chi connectivity index (χ4n) is 2.12. The van der Waals surface area contributed by atoms with Gasteiger partial charge in [-0.25, -0.2) is 4.39 Å². The predicted octanol–water partition coefficient (Wildman–Crippen LogP) is 3.60. The molecule has 2 aromatic rings. The number of carbonyl (C=O) groups excluding carboxylic acids is 1. The van der Waals surface area contributed by atoms with Crippen LogP contribution in [0.5, 0.6) is 0 Å². The van der Waals surface area contributed by atoms with E-state index in [1.807, 2.05) is 24.3 Å². The Bertz CT molecular complexity index is 608. The highest BCUT2D eigenvalue weighted by Crippen LogP contribution is 2.13. The number of hydrogen-bond donors (Lipinski definition) is 1. The first kappa shape index (κ1) is 15.2. The van der Waals surface area contributed by atoms with E-state index in [1.165, 1.54) is 17.8 Å². The van der Waals surface area contributed by atoms with Crippen LogP contribution in [-0.4, -0.2) is 10.9 Å². The number of amides is 1. The van der Waals surface area contributed by atoms with Gasteiger partial charge in [0.15, 0.2) is 5.82 Å². The molecule has 0 aliphatic carbocycles. The third kappa shape index (κ3) is 4.67. The minimum absolute atomic E-state index is 0.159. The summed E-state index contributed by atoms with van der Waals surface area (Å²) in [6.45, 7) is 4.34. The molecule has 1 heterocycles. The molecule has 0 fully saturated rings. The van der Waals surface area contributed by atoms with Gasteiger partial charge in [-0.1, -0.05) is 38.1 Å². The van der Waals surface area contributed by atoms with Gasteiger partial charge >= 0.3 is 0 Å². The molecule has 4 heteroatoms. The first-order valence-corrected chi connectivity index (χ1v) is 7.02. The number of carbonyl (C=O) groups is 1. The summed E-state index contributed by atoms with van der Waals surface area (Å²) in [5.41, 5.74) is 2.33. The van der Waals surface area contributed by atoms with Crippen LogP contribution in [0.3, 0.4) is 0 Å². The van der Waals surface area contributed by atoms with Gasteiger partial charge in [0.1, 0.15) is 0 Å². The molecule has 3 nitrogen and oxygen atoms in total. The Morgan fingerprint density at radius 1 is 1.19 bits per heavy atom. The second kappa shape index (κ2) is 6.97. The number of halogens is 1. The molecule has 0 spiro atoms. The maximum Gasteiger partial charge on any atom is 0.228 e. The summed E-state index contributed by atoms with van der Waals surface area (Å²) >= 11 is 0. The van der Waals surface area contributed by atoms with Crippen LogP contribution in [0.15, 0.2) is 42.7 Å². The van der Waals surface area contributed by atoms with E-state index in [9.17, 15) is 9.18 Å². The molecule has 0 bridgehead atoms. The van der Waals surface area contributed by atoms with E-state index >= 15 is 0 Å². The molecule has 0 aliphatic heterocycles. The Balaban J connectivity index is 1.95. The van der Waals surface area contributed by atoms with Gasteiger partial charge in [0.2, 0.25) is 5.91 Å². The van der Waals surface area contributed by atoms with Crippen molar-refractivity contribution in [3.05, 3.63) is 59.7 Å². The molecule has 1 aromatic heterocycles. The zero-order valence-electron chi connectivity index (χ0n) is 12.3. The average molecular weight is 286 g/mol. The van der Waals surface area contributed by atoms with Gasteiger partial charge in [0, 0.05) is 6.20 Å². The molecular formula is C17H19FN2O. The van der Waals surface area contributed by atoms with Crippen molar-refractivity contribution in [3.8, 4) is 0 Å². The average Bonchev–Trinajstić information content (AvgIpc) is 2.43. The van der Waals surface area contributed by atoms with E-state index in [1.54, 1.807) is 0 Å². The summed E-state index contributed by atoms with van der Waals surface area (Å²) in [6, 6.07) is 9.41. The van der Waals surface area contributed by atoms with Crippen LogP contribution in [0.2, 0.25) is 0 Å². The molecule has 0 saturated carbocycles.